The molecular weight excluding hydrogens is 264 g/mol. The minimum absolute atomic E-state index is 0.150. The molecule has 112 valence electrons. The minimum atomic E-state index is 0.150. The summed E-state index contributed by atoms with van der Waals surface area (Å²) in [5.41, 5.74) is 8.99. The molecule has 2 rings (SSSR count). The largest absolute Gasteiger partial charge is 0.339 e. The number of unbranched alkanes of at least 4 members (excludes halogenated alkanes) is 1. The number of amides is 1. The van der Waals surface area contributed by atoms with Crippen molar-refractivity contribution in [3.8, 4) is 0 Å². The molecule has 1 fully saturated rings. The number of azide groups is 1. The van der Waals surface area contributed by atoms with E-state index in [-0.39, 0.29) is 5.91 Å². The predicted octanol–water partition coefficient (Wildman–Crippen LogP) is 4.02. The molecule has 0 N–H and O–H groups in total. The van der Waals surface area contributed by atoms with Crippen molar-refractivity contribution in [3.63, 3.8) is 0 Å². The van der Waals surface area contributed by atoms with Gasteiger partial charge in [-0.3, -0.25) is 4.79 Å². The summed E-state index contributed by atoms with van der Waals surface area (Å²) in [7, 11) is 0. The lowest BCUT2D eigenvalue weighted by molar-refractivity contribution is 0.0686. The smallest absolute Gasteiger partial charge is 0.253 e. The highest BCUT2D eigenvalue weighted by atomic mass is 16.2. The lowest BCUT2D eigenvalue weighted by Crippen LogP contribution is -2.38. The van der Waals surface area contributed by atoms with Crippen LogP contribution < -0.4 is 0 Å². The molecule has 1 aliphatic heterocycles. The molecule has 0 aromatic heterocycles. The standard InChI is InChI=1S/C16H22N4O/c17-19-18-11-5-4-6-14-9-12-20(13-10-14)16(21)15-7-2-1-3-8-15/h1-3,7-8,14H,4-6,9-13H2. The number of nitrogens with zero attached hydrogens (tertiary/aromatic N) is 4. The van der Waals surface area contributed by atoms with Crippen LogP contribution in [0.3, 0.4) is 0 Å². The van der Waals surface area contributed by atoms with Gasteiger partial charge in [0.25, 0.3) is 5.91 Å². The number of benzene rings is 1. The van der Waals surface area contributed by atoms with E-state index in [1.807, 2.05) is 35.2 Å². The van der Waals surface area contributed by atoms with Crippen molar-refractivity contribution < 1.29 is 4.79 Å². The first-order valence-corrected chi connectivity index (χ1v) is 7.66. The molecule has 5 heteroatoms. The molecule has 0 saturated carbocycles. The van der Waals surface area contributed by atoms with Crippen LogP contribution in [0, 0.1) is 5.92 Å². The van der Waals surface area contributed by atoms with E-state index in [0.717, 1.165) is 44.3 Å². The van der Waals surface area contributed by atoms with Crippen LogP contribution in [0.25, 0.3) is 10.4 Å². The summed E-state index contributed by atoms with van der Waals surface area (Å²) in [6.45, 7) is 2.31. The third-order valence-electron chi connectivity index (χ3n) is 4.11. The van der Waals surface area contributed by atoms with Crippen LogP contribution in [0.1, 0.15) is 42.5 Å². The highest BCUT2D eigenvalue weighted by Gasteiger charge is 2.23. The van der Waals surface area contributed by atoms with Gasteiger partial charge < -0.3 is 4.90 Å². The molecule has 0 atom stereocenters. The average molecular weight is 286 g/mol. The lowest BCUT2D eigenvalue weighted by atomic mass is 9.91. The van der Waals surface area contributed by atoms with E-state index in [4.69, 9.17) is 5.53 Å². The second-order valence-corrected chi connectivity index (χ2v) is 5.55. The molecule has 1 aromatic carbocycles. The summed E-state index contributed by atoms with van der Waals surface area (Å²) in [6.07, 6.45) is 5.41. The van der Waals surface area contributed by atoms with Gasteiger partial charge in [-0.05, 0) is 42.8 Å². The zero-order valence-corrected chi connectivity index (χ0v) is 12.3. The molecule has 0 spiro atoms. The topological polar surface area (TPSA) is 69.1 Å². The van der Waals surface area contributed by atoms with Crippen molar-refractivity contribution in [1.82, 2.24) is 4.90 Å². The van der Waals surface area contributed by atoms with Gasteiger partial charge in [0.1, 0.15) is 0 Å². The number of piperidine rings is 1. The number of hydrogen-bond donors (Lipinski definition) is 0. The third kappa shape index (κ3) is 4.80. The summed E-state index contributed by atoms with van der Waals surface area (Å²) in [4.78, 5) is 17.0. The molecule has 1 aliphatic rings. The van der Waals surface area contributed by atoms with Crippen LogP contribution in [0.4, 0.5) is 0 Å². The highest BCUT2D eigenvalue weighted by Crippen LogP contribution is 2.23. The van der Waals surface area contributed by atoms with Crippen molar-refractivity contribution in [2.24, 2.45) is 11.0 Å². The van der Waals surface area contributed by atoms with Gasteiger partial charge in [-0.15, -0.1) is 0 Å². The fourth-order valence-electron chi connectivity index (χ4n) is 2.85. The molecule has 0 bridgehead atoms. The third-order valence-corrected chi connectivity index (χ3v) is 4.11. The summed E-state index contributed by atoms with van der Waals surface area (Å²) >= 11 is 0. The maximum atomic E-state index is 12.3. The van der Waals surface area contributed by atoms with E-state index in [1.54, 1.807) is 0 Å². The maximum absolute atomic E-state index is 12.3. The van der Waals surface area contributed by atoms with E-state index < -0.39 is 0 Å². The SMILES string of the molecule is [N-]=[N+]=NCCCCC1CCN(C(=O)c2ccccc2)CC1. The first-order valence-electron chi connectivity index (χ1n) is 7.66. The van der Waals surface area contributed by atoms with Crippen molar-refractivity contribution in [2.45, 2.75) is 32.1 Å². The fraction of sp³-hybridized carbons (Fsp3) is 0.562. The van der Waals surface area contributed by atoms with Crippen molar-refractivity contribution >= 4 is 5.91 Å². The van der Waals surface area contributed by atoms with Crippen molar-refractivity contribution in [2.75, 3.05) is 19.6 Å². The summed E-state index contributed by atoms with van der Waals surface area (Å²) in [5, 5.41) is 3.55. The predicted molar refractivity (Wildman–Crippen MR) is 82.9 cm³/mol. The average Bonchev–Trinajstić information content (AvgIpc) is 2.55. The first kappa shape index (κ1) is 15.4. The van der Waals surface area contributed by atoms with E-state index in [0.29, 0.717) is 12.5 Å². The van der Waals surface area contributed by atoms with Crippen LogP contribution >= 0.6 is 0 Å². The quantitative estimate of drug-likeness (QED) is 0.337. The Morgan fingerprint density at radius 1 is 1.24 bits per heavy atom. The van der Waals surface area contributed by atoms with Gasteiger partial charge in [-0.25, -0.2) is 0 Å². The van der Waals surface area contributed by atoms with Gasteiger partial charge in [0.05, 0.1) is 0 Å². The molecule has 0 unspecified atom stereocenters. The monoisotopic (exact) mass is 286 g/mol. The molecule has 1 saturated heterocycles. The first-order chi connectivity index (χ1) is 10.3. The molecular formula is C16H22N4O. The van der Waals surface area contributed by atoms with Crippen molar-refractivity contribution in [1.29, 1.82) is 0 Å². The summed E-state index contributed by atoms with van der Waals surface area (Å²) in [5.74, 6) is 0.855. The minimum Gasteiger partial charge on any atom is -0.339 e. The maximum Gasteiger partial charge on any atom is 0.253 e. The zero-order valence-electron chi connectivity index (χ0n) is 12.3. The van der Waals surface area contributed by atoms with Crippen LogP contribution in [0.5, 0.6) is 0 Å². The van der Waals surface area contributed by atoms with E-state index in [2.05, 4.69) is 10.0 Å². The fourth-order valence-corrected chi connectivity index (χ4v) is 2.85. The number of likely N-dealkylation sites (tertiary alicyclic amines) is 1. The molecule has 5 nitrogen and oxygen atoms in total. The molecule has 0 radical (unpaired) electrons. The van der Waals surface area contributed by atoms with Gasteiger partial charge in [0.15, 0.2) is 0 Å². The van der Waals surface area contributed by atoms with Crippen LogP contribution in [-0.4, -0.2) is 30.4 Å². The van der Waals surface area contributed by atoms with Gasteiger partial charge >= 0.3 is 0 Å². The second-order valence-electron chi connectivity index (χ2n) is 5.55. The lowest BCUT2D eigenvalue weighted by Gasteiger charge is -2.32. The number of carbonyl (C=O) groups excluding carboxylic acids is 1. The van der Waals surface area contributed by atoms with Gasteiger partial charge in [-0.2, -0.15) is 0 Å². The normalized spacial score (nSPS) is 15.5. The van der Waals surface area contributed by atoms with Gasteiger partial charge in [0, 0.05) is 30.1 Å². The Hall–Kier alpha value is -2.00. The summed E-state index contributed by atoms with van der Waals surface area (Å²) < 4.78 is 0. The van der Waals surface area contributed by atoms with E-state index in [9.17, 15) is 4.79 Å². The Morgan fingerprint density at radius 2 is 1.95 bits per heavy atom. The Labute approximate surface area is 125 Å². The number of rotatable bonds is 6. The zero-order chi connectivity index (χ0) is 14.9. The van der Waals surface area contributed by atoms with Crippen LogP contribution in [0.2, 0.25) is 0 Å². The highest BCUT2D eigenvalue weighted by molar-refractivity contribution is 5.94. The summed E-state index contributed by atoms with van der Waals surface area (Å²) in [6, 6.07) is 9.50. The molecule has 21 heavy (non-hydrogen) atoms. The van der Waals surface area contributed by atoms with Crippen molar-refractivity contribution in [3.05, 3.63) is 46.3 Å². The number of hydrogen-bond acceptors (Lipinski definition) is 2. The number of carbonyl (C=O) groups is 1. The Morgan fingerprint density at radius 3 is 2.62 bits per heavy atom. The molecule has 1 heterocycles. The van der Waals surface area contributed by atoms with E-state index >= 15 is 0 Å². The van der Waals surface area contributed by atoms with Gasteiger partial charge in [0.2, 0.25) is 0 Å². The van der Waals surface area contributed by atoms with Crippen LogP contribution in [0.15, 0.2) is 35.4 Å². The van der Waals surface area contributed by atoms with E-state index in [1.165, 1.54) is 6.42 Å². The Kier molecular flexibility index (Phi) is 6.10. The Bertz CT molecular complexity index is 488. The molecule has 1 aromatic rings. The second kappa shape index (κ2) is 8.32. The van der Waals surface area contributed by atoms with Gasteiger partial charge in [-0.1, -0.05) is 36.2 Å². The Balaban J connectivity index is 1.71. The molecule has 1 amide bonds. The van der Waals surface area contributed by atoms with Crippen LogP contribution in [-0.2, 0) is 0 Å². The molecule has 0 aliphatic carbocycles.